The highest BCUT2D eigenvalue weighted by molar-refractivity contribution is 7.92. The van der Waals surface area contributed by atoms with Crippen molar-refractivity contribution < 1.29 is 31.1 Å². The first-order valence-electron chi connectivity index (χ1n) is 15.3. The largest absolute Gasteiger partial charge is 0.495 e. The molecule has 5 rings (SSSR count). The summed E-state index contributed by atoms with van der Waals surface area (Å²) in [5.41, 5.74) is 1.20. The predicted molar refractivity (Wildman–Crippen MR) is 175 cm³/mol. The van der Waals surface area contributed by atoms with Crippen molar-refractivity contribution in [3.05, 3.63) is 64.8 Å². The first-order chi connectivity index (χ1) is 22.1. The number of rotatable bonds is 10. The van der Waals surface area contributed by atoms with Gasteiger partial charge in [-0.2, -0.15) is 18.2 Å². The van der Waals surface area contributed by atoms with Gasteiger partial charge in [-0.3, -0.25) is 9.10 Å². The van der Waals surface area contributed by atoms with Crippen molar-refractivity contribution in [3.63, 3.8) is 0 Å². The number of amides is 1. The Bertz CT molecular complexity index is 1740. The van der Waals surface area contributed by atoms with Gasteiger partial charge in [-0.15, -0.1) is 0 Å². The standard InChI is InChI=1S/C32H40F3N7O4S/c1-19-6-7-22(27(14-19)42(3)47(5,44)45)17-36-29-24(32(33,34)35)18-37-31(40-29)39-25-10-8-21(16-28(25)46-4)30(43)38-23-9-11-26-20(15-23)12-13-41(26)2/h6-8,10,14,16,18,20,23,26H,9,11-13,15,17H2,1-5H3,(H,38,43)(H2,36,37,39,40)/t20-,23-,26+/m0/s1. The zero-order valence-electron chi connectivity index (χ0n) is 27.0. The molecule has 2 aliphatic rings. The third kappa shape index (κ3) is 7.89. The summed E-state index contributed by atoms with van der Waals surface area (Å²) in [5.74, 6) is -0.00630. The average Bonchev–Trinajstić information content (AvgIpc) is 3.38. The molecule has 15 heteroatoms. The van der Waals surface area contributed by atoms with Crippen molar-refractivity contribution in [2.75, 3.05) is 48.9 Å². The van der Waals surface area contributed by atoms with E-state index in [4.69, 9.17) is 4.74 Å². The molecule has 1 aliphatic carbocycles. The van der Waals surface area contributed by atoms with Gasteiger partial charge in [0.1, 0.15) is 17.1 Å². The van der Waals surface area contributed by atoms with Crippen LogP contribution in [0.1, 0.15) is 52.7 Å². The van der Waals surface area contributed by atoms with Gasteiger partial charge in [0.25, 0.3) is 5.91 Å². The molecular formula is C32H40F3N7O4S. The van der Waals surface area contributed by atoms with E-state index < -0.39 is 27.6 Å². The summed E-state index contributed by atoms with van der Waals surface area (Å²) in [6.45, 7) is 2.72. The van der Waals surface area contributed by atoms with E-state index in [0.717, 1.165) is 48.4 Å². The van der Waals surface area contributed by atoms with E-state index in [-0.39, 0.29) is 30.2 Å². The fraction of sp³-hybridized carbons (Fsp3) is 0.469. The molecule has 1 aromatic heterocycles. The third-order valence-electron chi connectivity index (χ3n) is 9.02. The molecule has 2 heterocycles. The van der Waals surface area contributed by atoms with Crippen molar-refractivity contribution >= 4 is 39.1 Å². The Morgan fingerprint density at radius 3 is 2.62 bits per heavy atom. The molecule has 3 aromatic rings. The van der Waals surface area contributed by atoms with Gasteiger partial charge in [0.05, 0.1) is 24.7 Å². The van der Waals surface area contributed by atoms with E-state index in [2.05, 4.69) is 37.9 Å². The van der Waals surface area contributed by atoms with Crippen LogP contribution in [0.4, 0.5) is 36.3 Å². The number of aromatic nitrogens is 2. The number of anilines is 4. The molecule has 254 valence electrons. The minimum absolute atomic E-state index is 0.0910. The van der Waals surface area contributed by atoms with E-state index in [9.17, 15) is 26.4 Å². The van der Waals surface area contributed by atoms with E-state index in [0.29, 0.717) is 40.7 Å². The molecular weight excluding hydrogens is 635 g/mol. The number of hydrogen-bond acceptors (Lipinski definition) is 9. The van der Waals surface area contributed by atoms with Crippen LogP contribution >= 0.6 is 0 Å². The minimum atomic E-state index is -4.76. The van der Waals surface area contributed by atoms with E-state index in [1.165, 1.54) is 14.2 Å². The average molecular weight is 676 g/mol. The predicted octanol–water partition coefficient (Wildman–Crippen LogP) is 5.17. The number of ether oxygens (including phenoxy) is 1. The number of nitrogens with one attached hydrogen (secondary N) is 3. The van der Waals surface area contributed by atoms with Crippen molar-refractivity contribution in [3.8, 4) is 5.75 Å². The lowest BCUT2D eigenvalue weighted by Crippen LogP contribution is -2.43. The Balaban J connectivity index is 1.33. The van der Waals surface area contributed by atoms with Crippen LogP contribution in [0.2, 0.25) is 0 Å². The van der Waals surface area contributed by atoms with Crippen molar-refractivity contribution in [1.29, 1.82) is 0 Å². The minimum Gasteiger partial charge on any atom is -0.495 e. The second-order valence-electron chi connectivity index (χ2n) is 12.3. The Hall–Kier alpha value is -4.11. The molecule has 2 fully saturated rings. The molecule has 1 aliphatic heterocycles. The second kappa shape index (κ2) is 13.6. The number of carbonyl (C=O) groups is 1. The van der Waals surface area contributed by atoms with Gasteiger partial charge in [0, 0.05) is 37.4 Å². The lowest BCUT2D eigenvalue weighted by molar-refractivity contribution is -0.137. The molecule has 0 bridgehead atoms. The maximum atomic E-state index is 13.9. The number of methoxy groups -OCH3 is 1. The van der Waals surface area contributed by atoms with Gasteiger partial charge in [-0.25, -0.2) is 13.4 Å². The topological polar surface area (TPSA) is 129 Å². The number of halogens is 3. The van der Waals surface area contributed by atoms with Crippen LogP contribution in [0.25, 0.3) is 0 Å². The number of hydrogen-bond donors (Lipinski definition) is 3. The van der Waals surface area contributed by atoms with Gasteiger partial charge in [-0.05, 0) is 87.5 Å². The highest BCUT2D eigenvalue weighted by Gasteiger charge is 2.38. The van der Waals surface area contributed by atoms with Crippen LogP contribution in [0.3, 0.4) is 0 Å². The molecule has 11 nitrogen and oxygen atoms in total. The summed E-state index contributed by atoms with van der Waals surface area (Å²) < 4.78 is 72.8. The van der Waals surface area contributed by atoms with Crippen LogP contribution < -0.4 is 25.0 Å². The monoisotopic (exact) mass is 675 g/mol. The molecule has 47 heavy (non-hydrogen) atoms. The van der Waals surface area contributed by atoms with Crippen LogP contribution in [-0.4, -0.2) is 75.3 Å². The molecule has 2 aromatic carbocycles. The molecule has 3 N–H and O–H groups in total. The fourth-order valence-corrected chi connectivity index (χ4v) is 6.92. The number of alkyl halides is 3. The number of likely N-dealkylation sites (tertiary alicyclic amines) is 1. The van der Waals surface area contributed by atoms with Crippen LogP contribution in [-0.2, 0) is 22.7 Å². The number of fused-ring (bicyclic) bond motifs is 1. The van der Waals surface area contributed by atoms with E-state index in [1.54, 1.807) is 43.3 Å². The maximum Gasteiger partial charge on any atom is 0.421 e. The van der Waals surface area contributed by atoms with E-state index in [1.807, 2.05) is 0 Å². The highest BCUT2D eigenvalue weighted by Crippen LogP contribution is 2.37. The Labute approximate surface area is 273 Å². The molecule has 1 saturated carbocycles. The normalized spacial score (nSPS) is 20.0. The summed E-state index contributed by atoms with van der Waals surface area (Å²) in [4.78, 5) is 23.5. The number of carbonyl (C=O) groups excluding carboxylic acids is 1. The lowest BCUT2D eigenvalue weighted by Gasteiger charge is -2.34. The first kappa shape index (κ1) is 34.2. The van der Waals surface area contributed by atoms with Crippen LogP contribution in [0.15, 0.2) is 42.6 Å². The maximum absolute atomic E-state index is 13.9. The second-order valence-corrected chi connectivity index (χ2v) is 14.3. The molecule has 1 saturated heterocycles. The van der Waals surface area contributed by atoms with Crippen LogP contribution in [0.5, 0.6) is 5.75 Å². The number of sulfonamides is 1. The number of benzene rings is 2. The van der Waals surface area contributed by atoms with Gasteiger partial charge in [0.2, 0.25) is 16.0 Å². The highest BCUT2D eigenvalue weighted by atomic mass is 32.2. The molecule has 1 amide bonds. The van der Waals surface area contributed by atoms with Crippen LogP contribution in [0, 0.1) is 12.8 Å². The quantitative estimate of drug-likeness (QED) is 0.267. The summed E-state index contributed by atoms with van der Waals surface area (Å²) in [5, 5.41) is 8.76. The zero-order chi connectivity index (χ0) is 34.1. The summed E-state index contributed by atoms with van der Waals surface area (Å²) in [6.07, 6.45) is 0.990. The molecule has 3 atom stereocenters. The van der Waals surface area contributed by atoms with Crippen molar-refractivity contribution in [2.24, 2.45) is 5.92 Å². The number of aryl methyl sites for hydroxylation is 1. The number of nitrogens with zero attached hydrogens (tertiary/aromatic N) is 4. The fourth-order valence-electron chi connectivity index (χ4n) is 6.39. The van der Waals surface area contributed by atoms with Gasteiger partial charge < -0.3 is 25.6 Å². The lowest BCUT2D eigenvalue weighted by atomic mass is 9.82. The smallest absolute Gasteiger partial charge is 0.421 e. The SMILES string of the molecule is COc1cc(C(=O)N[C@H]2CC[C@@H]3[C@@H](CCN3C)C2)ccc1Nc1ncc(C(F)(F)F)c(NCc2ccc(C)cc2N(C)S(C)(=O)=O)n1. The summed E-state index contributed by atoms with van der Waals surface area (Å²) >= 11 is 0. The first-order valence-corrected chi connectivity index (χ1v) is 17.2. The zero-order valence-corrected chi connectivity index (χ0v) is 27.8. The van der Waals surface area contributed by atoms with Gasteiger partial charge in [-0.1, -0.05) is 12.1 Å². The van der Waals surface area contributed by atoms with Gasteiger partial charge in [0.15, 0.2) is 0 Å². The summed E-state index contributed by atoms with van der Waals surface area (Å²) in [7, 11) is 1.33. The molecule has 0 radical (unpaired) electrons. The van der Waals surface area contributed by atoms with Crippen molar-refractivity contribution in [2.45, 2.75) is 57.4 Å². The van der Waals surface area contributed by atoms with Crippen molar-refractivity contribution in [1.82, 2.24) is 20.2 Å². The third-order valence-corrected chi connectivity index (χ3v) is 10.2. The molecule has 0 unspecified atom stereocenters. The Morgan fingerprint density at radius 2 is 1.91 bits per heavy atom. The summed E-state index contributed by atoms with van der Waals surface area (Å²) in [6, 6.07) is 10.5. The Kier molecular flexibility index (Phi) is 9.87. The van der Waals surface area contributed by atoms with Gasteiger partial charge >= 0.3 is 6.18 Å². The molecule has 0 spiro atoms. The van der Waals surface area contributed by atoms with E-state index >= 15 is 0 Å². The Morgan fingerprint density at radius 1 is 1.15 bits per heavy atom.